The van der Waals surface area contributed by atoms with Gasteiger partial charge >= 0.3 is 0 Å². The lowest BCUT2D eigenvalue weighted by atomic mass is 10.2. The Hall–Kier alpha value is -1.64. The number of fused-ring (bicyclic) bond motifs is 1. The molecule has 26 heavy (non-hydrogen) atoms. The third-order valence-electron chi connectivity index (χ3n) is 3.87. The number of nitrogens with one attached hydrogen (secondary N) is 3. The number of halogens is 1. The summed E-state index contributed by atoms with van der Waals surface area (Å²) in [6, 6.07) is 6.83. The lowest BCUT2D eigenvalue weighted by Crippen LogP contribution is -2.31. The monoisotopic (exact) mass is 402 g/mol. The largest absolute Gasteiger partial charge is 0.355 e. The molecular weight excluding hydrogens is 376 g/mol. The average molecular weight is 403 g/mol. The predicted molar refractivity (Wildman–Crippen MR) is 105 cm³/mol. The van der Waals surface area contributed by atoms with Crippen LogP contribution in [0.15, 0.2) is 34.2 Å². The van der Waals surface area contributed by atoms with Gasteiger partial charge in [0.05, 0.1) is 4.90 Å². The topological polar surface area (TPSA) is 99.7 Å². The van der Waals surface area contributed by atoms with Crippen molar-refractivity contribution in [1.82, 2.24) is 15.4 Å². The van der Waals surface area contributed by atoms with Crippen molar-refractivity contribution in [3.63, 3.8) is 0 Å². The van der Waals surface area contributed by atoms with E-state index in [9.17, 15) is 13.2 Å². The molecule has 146 valence electrons. The van der Waals surface area contributed by atoms with Crippen molar-refractivity contribution < 1.29 is 13.2 Å². The maximum atomic E-state index is 12.0. The number of rotatable bonds is 10. The summed E-state index contributed by atoms with van der Waals surface area (Å²) in [5.41, 5.74) is 0.627. The number of likely N-dealkylation sites (N-methyl/N-ethyl adjacent to an activating group) is 1. The highest BCUT2D eigenvalue weighted by Gasteiger charge is 2.29. The van der Waals surface area contributed by atoms with Crippen LogP contribution in [0.3, 0.4) is 0 Å². The van der Waals surface area contributed by atoms with E-state index in [-0.39, 0.29) is 23.2 Å². The summed E-state index contributed by atoms with van der Waals surface area (Å²) in [6.07, 6.45) is 3.02. The molecule has 1 aliphatic heterocycles. The van der Waals surface area contributed by atoms with E-state index in [1.54, 1.807) is 24.3 Å². The number of benzene rings is 1. The molecule has 0 radical (unpaired) electrons. The molecule has 1 aromatic carbocycles. The summed E-state index contributed by atoms with van der Waals surface area (Å²) in [6.45, 7) is 4.91. The standard InChI is InChI=1S/C17H26N4O3S.ClH/c1-2-18-12-13-19-16(22)10-4-3-7-11-20-17-14-8-5-6-9-15(14)25(23,24)21-17;/h5-6,8-9,18H,2-4,7,10-13H2,1H3,(H,19,22)(H,20,21);1H. The molecule has 7 nitrogen and oxygen atoms in total. The third-order valence-corrected chi connectivity index (χ3v) is 5.27. The summed E-state index contributed by atoms with van der Waals surface area (Å²) < 4.78 is 26.4. The van der Waals surface area contributed by atoms with Crippen LogP contribution in [0.25, 0.3) is 0 Å². The van der Waals surface area contributed by atoms with Gasteiger partial charge in [0.25, 0.3) is 10.0 Å². The molecular formula is C17H27ClN4O3S. The molecule has 3 N–H and O–H groups in total. The van der Waals surface area contributed by atoms with Crippen LogP contribution in [0, 0.1) is 0 Å². The minimum Gasteiger partial charge on any atom is -0.355 e. The molecule has 0 spiro atoms. The van der Waals surface area contributed by atoms with E-state index < -0.39 is 10.0 Å². The fourth-order valence-corrected chi connectivity index (χ4v) is 3.82. The molecule has 0 atom stereocenters. The molecule has 0 bridgehead atoms. The molecule has 0 saturated carbocycles. The SMILES string of the molecule is CCNCCNC(=O)CCCCCN=C1NS(=O)(=O)c2ccccc21.Cl. The van der Waals surface area contributed by atoms with Gasteiger partial charge in [0.15, 0.2) is 0 Å². The maximum absolute atomic E-state index is 12.0. The van der Waals surface area contributed by atoms with Crippen molar-refractivity contribution in [1.29, 1.82) is 0 Å². The van der Waals surface area contributed by atoms with Crippen LogP contribution in [0.2, 0.25) is 0 Å². The number of unbranched alkanes of at least 4 members (excludes halogenated alkanes) is 2. The van der Waals surface area contributed by atoms with Gasteiger partial charge in [0.1, 0.15) is 5.84 Å². The van der Waals surface area contributed by atoms with Crippen molar-refractivity contribution in [2.75, 3.05) is 26.2 Å². The minimum absolute atomic E-state index is 0. The summed E-state index contributed by atoms with van der Waals surface area (Å²) in [5.74, 6) is 0.485. The molecule has 1 amide bonds. The average Bonchev–Trinajstić information content (AvgIpc) is 2.86. The van der Waals surface area contributed by atoms with Gasteiger partial charge in [-0.3, -0.25) is 14.5 Å². The number of aliphatic imine (C=N–C) groups is 1. The Morgan fingerprint density at radius 3 is 2.69 bits per heavy atom. The molecule has 0 unspecified atom stereocenters. The summed E-state index contributed by atoms with van der Waals surface area (Å²) in [4.78, 5) is 16.3. The van der Waals surface area contributed by atoms with Crippen molar-refractivity contribution in [3.05, 3.63) is 29.8 Å². The number of hydrogen-bond donors (Lipinski definition) is 3. The second-order valence-electron chi connectivity index (χ2n) is 5.85. The molecule has 0 aliphatic carbocycles. The Labute approximate surface area is 161 Å². The fourth-order valence-electron chi connectivity index (χ4n) is 2.57. The highest BCUT2D eigenvalue weighted by Crippen LogP contribution is 2.22. The Bertz CT molecular complexity index is 722. The van der Waals surface area contributed by atoms with Crippen molar-refractivity contribution in [3.8, 4) is 0 Å². The van der Waals surface area contributed by atoms with Crippen LogP contribution in [-0.4, -0.2) is 46.3 Å². The summed E-state index contributed by atoms with van der Waals surface area (Å²) in [5, 5.41) is 6.02. The van der Waals surface area contributed by atoms with E-state index in [1.807, 2.05) is 6.92 Å². The zero-order valence-electron chi connectivity index (χ0n) is 15.0. The number of hydrogen-bond acceptors (Lipinski definition) is 5. The minimum atomic E-state index is -3.47. The first kappa shape index (κ1) is 22.4. The Kier molecular flexibility index (Phi) is 9.61. The molecule has 1 heterocycles. The quantitative estimate of drug-likeness (QED) is 0.515. The second-order valence-corrected chi connectivity index (χ2v) is 7.50. The zero-order chi connectivity index (χ0) is 18.1. The second kappa shape index (κ2) is 11.2. The van der Waals surface area contributed by atoms with E-state index >= 15 is 0 Å². The Morgan fingerprint density at radius 1 is 1.15 bits per heavy atom. The normalized spacial score (nSPS) is 15.8. The number of amides is 1. The maximum Gasteiger partial charge on any atom is 0.263 e. The first-order valence-corrected chi connectivity index (χ1v) is 10.2. The van der Waals surface area contributed by atoms with Gasteiger partial charge < -0.3 is 10.6 Å². The van der Waals surface area contributed by atoms with Gasteiger partial charge in [-0.15, -0.1) is 12.4 Å². The molecule has 0 aromatic heterocycles. The van der Waals surface area contributed by atoms with Crippen LogP contribution in [0.5, 0.6) is 0 Å². The number of sulfonamides is 1. The highest BCUT2D eigenvalue weighted by molar-refractivity contribution is 7.90. The fraction of sp³-hybridized carbons (Fsp3) is 0.529. The smallest absolute Gasteiger partial charge is 0.263 e. The van der Waals surface area contributed by atoms with Gasteiger partial charge in [-0.05, 0) is 31.5 Å². The molecule has 1 aliphatic rings. The number of carbonyl (C=O) groups excluding carboxylic acids is 1. The van der Waals surface area contributed by atoms with Crippen LogP contribution < -0.4 is 15.4 Å². The van der Waals surface area contributed by atoms with Gasteiger partial charge in [-0.25, -0.2) is 8.42 Å². The van der Waals surface area contributed by atoms with E-state index in [0.29, 0.717) is 30.9 Å². The van der Waals surface area contributed by atoms with E-state index in [0.717, 1.165) is 32.4 Å². The van der Waals surface area contributed by atoms with Gasteiger partial charge in [0, 0.05) is 31.6 Å². The third kappa shape index (κ3) is 6.59. The lowest BCUT2D eigenvalue weighted by molar-refractivity contribution is -0.121. The van der Waals surface area contributed by atoms with Crippen molar-refractivity contribution >= 4 is 34.2 Å². The van der Waals surface area contributed by atoms with Crippen molar-refractivity contribution in [2.45, 2.75) is 37.5 Å². The van der Waals surface area contributed by atoms with Gasteiger partial charge in [0.2, 0.25) is 5.91 Å². The van der Waals surface area contributed by atoms with E-state index in [4.69, 9.17) is 0 Å². The van der Waals surface area contributed by atoms with Gasteiger partial charge in [-0.2, -0.15) is 0 Å². The molecule has 2 rings (SSSR count). The lowest BCUT2D eigenvalue weighted by Gasteiger charge is -2.05. The number of amidine groups is 1. The molecule has 1 aromatic rings. The summed E-state index contributed by atoms with van der Waals surface area (Å²) in [7, 11) is -3.47. The van der Waals surface area contributed by atoms with Crippen LogP contribution in [-0.2, 0) is 14.8 Å². The predicted octanol–water partition coefficient (Wildman–Crippen LogP) is 1.43. The van der Waals surface area contributed by atoms with Crippen molar-refractivity contribution in [2.24, 2.45) is 4.99 Å². The number of nitrogens with zero attached hydrogens (tertiary/aromatic N) is 1. The van der Waals surface area contributed by atoms with Crippen LogP contribution >= 0.6 is 12.4 Å². The molecule has 9 heteroatoms. The Morgan fingerprint density at radius 2 is 1.92 bits per heavy atom. The first-order chi connectivity index (χ1) is 12.0. The van der Waals surface area contributed by atoms with Gasteiger partial charge in [-0.1, -0.05) is 25.5 Å². The number of carbonyl (C=O) groups is 1. The summed E-state index contributed by atoms with van der Waals surface area (Å²) >= 11 is 0. The van der Waals surface area contributed by atoms with Crippen LogP contribution in [0.4, 0.5) is 0 Å². The van der Waals surface area contributed by atoms with E-state index in [1.165, 1.54) is 0 Å². The molecule has 0 fully saturated rings. The molecule has 0 saturated heterocycles. The highest BCUT2D eigenvalue weighted by atomic mass is 35.5. The Balaban J connectivity index is 0.00000338. The van der Waals surface area contributed by atoms with E-state index in [2.05, 4.69) is 20.3 Å². The van der Waals surface area contributed by atoms with Crippen LogP contribution in [0.1, 0.15) is 38.2 Å². The first-order valence-electron chi connectivity index (χ1n) is 8.68. The zero-order valence-corrected chi connectivity index (χ0v) is 16.6.